The molecule has 78 valence electrons. The number of hydrogen-bond donors (Lipinski definition) is 0. The molecule has 0 aromatic heterocycles. The van der Waals surface area contributed by atoms with Crippen LogP contribution in [0.4, 0.5) is 0 Å². The lowest BCUT2D eigenvalue weighted by molar-refractivity contribution is 0.174. The Labute approximate surface area is 93.0 Å². The van der Waals surface area contributed by atoms with Gasteiger partial charge >= 0.3 is 0 Å². The third-order valence-electron chi connectivity index (χ3n) is 1.99. The lowest BCUT2D eigenvalue weighted by Gasteiger charge is -2.14. The van der Waals surface area contributed by atoms with Gasteiger partial charge < -0.3 is 9.47 Å². The molecule has 0 saturated carbocycles. The van der Waals surface area contributed by atoms with E-state index in [0.29, 0.717) is 0 Å². The van der Waals surface area contributed by atoms with Gasteiger partial charge in [0, 0.05) is 4.90 Å². The monoisotopic (exact) mass is 221 g/mol. The Balaban J connectivity index is 2.21. The molecule has 0 saturated heterocycles. The summed E-state index contributed by atoms with van der Waals surface area (Å²) in [5.74, 6) is 1.53. The molecule has 0 fully saturated rings. The largest absolute Gasteiger partial charge is 0.454 e. The number of hydrogen-bond acceptors (Lipinski definition) is 4. The zero-order valence-corrected chi connectivity index (χ0v) is 9.43. The molecule has 3 nitrogen and oxygen atoms in total. The van der Waals surface area contributed by atoms with Gasteiger partial charge in [-0.2, -0.15) is 5.26 Å². The first kappa shape index (κ1) is 10.2. The summed E-state index contributed by atoms with van der Waals surface area (Å²) in [6.07, 6.45) is 0. The van der Waals surface area contributed by atoms with E-state index in [0.717, 1.165) is 16.4 Å². The summed E-state index contributed by atoms with van der Waals surface area (Å²) in [4.78, 5) is 1.02. The lowest BCUT2D eigenvalue weighted by Crippen LogP contribution is -2.09. The molecule has 0 aliphatic carbocycles. The minimum Gasteiger partial charge on any atom is -0.454 e. The molecule has 1 aliphatic heterocycles. The van der Waals surface area contributed by atoms with Crippen molar-refractivity contribution < 1.29 is 9.47 Å². The average Bonchev–Trinajstić information content (AvgIpc) is 2.64. The first-order valence-corrected chi connectivity index (χ1v) is 5.42. The lowest BCUT2D eigenvalue weighted by atomic mass is 10.2. The fourth-order valence-electron chi connectivity index (χ4n) is 1.26. The zero-order chi connectivity index (χ0) is 10.9. The summed E-state index contributed by atoms with van der Waals surface area (Å²) < 4.78 is 10.1. The van der Waals surface area contributed by atoms with Crippen molar-refractivity contribution in [3.63, 3.8) is 0 Å². The second kappa shape index (κ2) is 3.67. The van der Waals surface area contributed by atoms with E-state index in [2.05, 4.69) is 6.07 Å². The Bertz CT molecular complexity index is 423. The Morgan fingerprint density at radius 2 is 2.07 bits per heavy atom. The van der Waals surface area contributed by atoms with Crippen LogP contribution in [0.5, 0.6) is 11.5 Å². The van der Waals surface area contributed by atoms with Gasteiger partial charge in [0.1, 0.15) is 4.75 Å². The van der Waals surface area contributed by atoms with Crippen molar-refractivity contribution in [1.29, 1.82) is 5.26 Å². The van der Waals surface area contributed by atoms with Crippen LogP contribution in [0.15, 0.2) is 23.1 Å². The Morgan fingerprint density at radius 1 is 1.33 bits per heavy atom. The van der Waals surface area contributed by atoms with Crippen LogP contribution in [-0.2, 0) is 0 Å². The third kappa shape index (κ3) is 2.18. The zero-order valence-electron chi connectivity index (χ0n) is 8.61. The topological polar surface area (TPSA) is 42.2 Å². The summed E-state index contributed by atoms with van der Waals surface area (Å²) in [5, 5.41) is 8.92. The molecule has 0 atom stereocenters. The second-order valence-corrected chi connectivity index (χ2v) is 5.44. The van der Waals surface area contributed by atoms with E-state index in [1.807, 2.05) is 32.0 Å². The number of thioether (sulfide) groups is 1. The molecule has 1 aromatic rings. The van der Waals surface area contributed by atoms with E-state index in [9.17, 15) is 0 Å². The van der Waals surface area contributed by atoms with Crippen LogP contribution in [0.3, 0.4) is 0 Å². The normalized spacial score (nSPS) is 13.7. The first-order chi connectivity index (χ1) is 7.11. The van der Waals surface area contributed by atoms with E-state index in [-0.39, 0.29) is 6.79 Å². The van der Waals surface area contributed by atoms with Gasteiger partial charge in [0.25, 0.3) is 0 Å². The highest BCUT2D eigenvalue weighted by Crippen LogP contribution is 2.39. The van der Waals surface area contributed by atoms with Gasteiger partial charge in [-0.3, -0.25) is 0 Å². The van der Waals surface area contributed by atoms with Gasteiger partial charge in [-0.25, -0.2) is 0 Å². The van der Waals surface area contributed by atoms with Crippen LogP contribution >= 0.6 is 11.8 Å². The highest BCUT2D eigenvalue weighted by molar-refractivity contribution is 8.00. The van der Waals surface area contributed by atoms with Gasteiger partial charge in [-0.15, -0.1) is 11.8 Å². The molecule has 0 spiro atoms. The van der Waals surface area contributed by atoms with Gasteiger partial charge in [0.15, 0.2) is 11.5 Å². The molecule has 15 heavy (non-hydrogen) atoms. The fourth-order valence-corrected chi connectivity index (χ4v) is 2.19. The van der Waals surface area contributed by atoms with Crippen molar-refractivity contribution in [2.24, 2.45) is 0 Å². The molecule has 0 amide bonds. The van der Waals surface area contributed by atoms with Crippen LogP contribution < -0.4 is 9.47 Å². The second-order valence-electron chi connectivity index (χ2n) is 3.74. The van der Waals surface area contributed by atoms with Crippen LogP contribution in [0, 0.1) is 11.3 Å². The van der Waals surface area contributed by atoms with Gasteiger partial charge in [0.05, 0.1) is 6.07 Å². The van der Waals surface area contributed by atoms with E-state index in [1.54, 1.807) is 0 Å². The van der Waals surface area contributed by atoms with Crippen LogP contribution in [0.25, 0.3) is 0 Å². The fraction of sp³-hybridized carbons (Fsp3) is 0.364. The Hall–Kier alpha value is -1.34. The first-order valence-electron chi connectivity index (χ1n) is 4.61. The summed E-state index contributed by atoms with van der Waals surface area (Å²) in [7, 11) is 0. The van der Waals surface area contributed by atoms with Crippen molar-refractivity contribution in [2.45, 2.75) is 23.5 Å². The summed E-state index contributed by atoms with van der Waals surface area (Å²) in [6, 6.07) is 7.97. The summed E-state index contributed by atoms with van der Waals surface area (Å²) in [5.41, 5.74) is 0. The van der Waals surface area contributed by atoms with Gasteiger partial charge in [-0.05, 0) is 32.0 Å². The molecule has 0 unspecified atom stereocenters. The summed E-state index contributed by atoms with van der Waals surface area (Å²) in [6.45, 7) is 4.07. The van der Waals surface area contributed by atoms with Crippen molar-refractivity contribution in [3.8, 4) is 17.6 Å². The van der Waals surface area contributed by atoms with Crippen molar-refractivity contribution >= 4 is 11.8 Å². The minimum atomic E-state index is -0.423. The maximum atomic E-state index is 8.92. The summed E-state index contributed by atoms with van der Waals surface area (Å²) >= 11 is 1.52. The van der Waals surface area contributed by atoms with Crippen LogP contribution in [0.2, 0.25) is 0 Å². The molecule has 1 aromatic carbocycles. The Kier molecular flexibility index (Phi) is 2.49. The van der Waals surface area contributed by atoms with Crippen LogP contribution in [-0.4, -0.2) is 11.5 Å². The predicted molar refractivity (Wildman–Crippen MR) is 58.1 cm³/mol. The molecule has 2 rings (SSSR count). The molecule has 1 heterocycles. The maximum absolute atomic E-state index is 8.92. The molecular weight excluding hydrogens is 210 g/mol. The quantitative estimate of drug-likeness (QED) is 0.720. The van der Waals surface area contributed by atoms with Crippen molar-refractivity contribution in [3.05, 3.63) is 18.2 Å². The number of nitrogens with zero attached hydrogens (tertiary/aromatic N) is 1. The van der Waals surface area contributed by atoms with E-state index < -0.39 is 4.75 Å². The third-order valence-corrected chi connectivity index (χ3v) is 3.08. The number of rotatable bonds is 2. The number of benzene rings is 1. The molecule has 1 aliphatic rings. The van der Waals surface area contributed by atoms with E-state index in [4.69, 9.17) is 14.7 Å². The predicted octanol–water partition coefficient (Wildman–Crippen LogP) is 2.81. The number of nitriles is 1. The van der Waals surface area contributed by atoms with Gasteiger partial charge in [-0.1, -0.05) is 0 Å². The van der Waals surface area contributed by atoms with Gasteiger partial charge in [0.2, 0.25) is 6.79 Å². The molecule has 0 radical (unpaired) electrons. The molecular formula is C11H11NO2S. The number of fused-ring (bicyclic) bond motifs is 1. The minimum absolute atomic E-state index is 0.283. The smallest absolute Gasteiger partial charge is 0.231 e. The molecule has 0 bridgehead atoms. The van der Waals surface area contributed by atoms with Crippen LogP contribution in [0.1, 0.15) is 13.8 Å². The standard InChI is InChI=1S/C11H11NO2S/c1-11(2,6-12)15-8-3-4-9-10(5-8)14-7-13-9/h3-5H,7H2,1-2H3. The molecule has 4 heteroatoms. The average molecular weight is 221 g/mol. The SMILES string of the molecule is CC(C)(C#N)Sc1ccc2c(c1)OCO2. The van der Waals surface area contributed by atoms with Crippen molar-refractivity contribution in [2.75, 3.05) is 6.79 Å². The molecule has 0 N–H and O–H groups in total. The van der Waals surface area contributed by atoms with Crippen molar-refractivity contribution in [1.82, 2.24) is 0 Å². The maximum Gasteiger partial charge on any atom is 0.231 e. The number of ether oxygens (including phenoxy) is 2. The Morgan fingerprint density at radius 3 is 2.80 bits per heavy atom. The van der Waals surface area contributed by atoms with E-state index in [1.165, 1.54) is 11.8 Å². The highest BCUT2D eigenvalue weighted by Gasteiger charge is 2.20. The van der Waals surface area contributed by atoms with E-state index >= 15 is 0 Å². The highest BCUT2D eigenvalue weighted by atomic mass is 32.2.